The number of fused-ring (bicyclic) bond motifs is 6. The summed E-state index contributed by atoms with van der Waals surface area (Å²) in [6, 6.07) is 68.7. The summed E-state index contributed by atoms with van der Waals surface area (Å²) in [5.74, 6) is 1.06. The molecule has 61 heavy (non-hydrogen) atoms. The molecule has 0 amide bonds. The summed E-state index contributed by atoms with van der Waals surface area (Å²) in [5, 5.41) is 15.3. The van der Waals surface area contributed by atoms with Crippen LogP contribution in [0.4, 0.5) is 0 Å². The highest BCUT2D eigenvalue weighted by atomic mass is 16.5. The average Bonchev–Trinajstić information content (AvgIpc) is 3.55. The molecular weight excluding hydrogens is 737 g/mol. The Bertz CT molecular complexity index is 3500. The van der Waals surface area contributed by atoms with Gasteiger partial charge in [0.1, 0.15) is 11.4 Å². The molecule has 0 bridgehead atoms. The second-order valence-electron chi connectivity index (χ2n) is 18.2. The normalized spacial score (nSPS) is 18.7. The second-order valence-corrected chi connectivity index (χ2v) is 18.2. The van der Waals surface area contributed by atoms with Crippen LogP contribution in [0.5, 0.6) is 5.75 Å². The van der Waals surface area contributed by atoms with E-state index in [4.69, 9.17) is 4.74 Å². The van der Waals surface area contributed by atoms with Gasteiger partial charge in [-0.15, -0.1) is 0 Å². The molecule has 11 aromatic carbocycles. The largest absolute Gasteiger partial charge is 0.486 e. The number of benzene rings is 11. The van der Waals surface area contributed by atoms with Crippen LogP contribution in [0.25, 0.3) is 109 Å². The van der Waals surface area contributed by atoms with E-state index in [1.807, 2.05) is 0 Å². The van der Waals surface area contributed by atoms with Gasteiger partial charge in [0.2, 0.25) is 0 Å². The van der Waals surface area contributed by atoms with E-state index in [9.17, 15) is 0 Å². The summed E-state index contributed by atoms with van der Waals surface area (Å²) in [7, 11) is 0. The summed E-state index contributed by atoms with van der Waals surface area (Å²) in [6.07, 6.45) is 4.70. The number of hydrogen-bond donors (Lipinski definition) is 0. The highest BCUT2D eigenvalue weighted by Gasteiger charge is 2.55. The molecule has 0 spiro atoms. The molecule has 290 valence electrons. The van der Waals surface area contributed by atoms with Crippen LogP contribution in [-0.2, 0) is 5.41 Å². The Kier molecular flexibility index (Phi) is 7.30. The van der Waals surface area contributed by atoms with Crippen molar-refractivity contribution in [2.75, 3.05) is 0 Å². The highest BCUT2D eigenvalue weighted by Crippen LogP contribution is 2.58. The maximum Gasteiger partial charge on any atom is 0.124 e. The molecule has 2 unspecified atom stereocenters. The first-order valence-electron chi connectivity index (χ1n) is 22.0. The first-order valence-corrected chi connectivity index (χ1v) is 22.0. The minimum absolute atomic E-state index is 0.0282. The van der Waals surface area contributed by atoms with Gasteiger partial charge in [0.15, 0.2) is 0 Å². The molecule has 2 atom stereocenters. The molecule has 1 aliphatic carbocycles. The van der Waals surface area contributed by atoms with Gasteiger partial charge in [-0.2, -0.15) is 0 Å². The van der Waals surface area contributed by atoms with Gasteiger partial charge in [-0.25, -0.2) is 0 Å². The zero-order valence-electron chi connectivity index (χ0n) is 34.6. The van der Waals surface area contributed by atoms with Crippen LogP contribution in [0.15, 0.2) is 182 Å². The summed E-state index contributed by atoms with van der Waals surface area (Å²) in [5.41, 5.74) is 11.2. The van der Waals surface area contributed by atoms with Gasteiger partial charge in [0.05, 0.1) is 0 Å². The third-order valence-corrected chi connectivity index (χ3v) is 15.1. The molecule has 1 fully saturated rings. The molecule has 13 rings (SSSR count). The molecule has 0 N–H and O–H groups in total. The third kappa shape index (κ3) is 4.89. The van der Waals surface area contributed by atoms with Gasteiger partial charge in [-0.3, -0.25) is 0 Å². The zero-order valence-corrected chi connectivity index (χ0v) is 34.6. The third-order valence-electron chi connectivity index (χ3n) is 15.1. The predicted octanol–water partition coefficient (Wildman–Crippen LogP) is 16.7. The lowest BCUT2D eigenvalue weighted by Gasteiger charge is -2.43. The molecule has 1 heterocycles. The van der Waals surface area contributed by atoms with E-state index < -0.39 is 0 Å². The maximum atomic E-state index is 6.88. The van der Waals surface area contributed by atoms with Crippen molar-refractivity contribution in [3.05, 3.63) is 188 Å². The van der Waals surface area contributed by atoms with Crippen molar-refractivity contribution in [2.24, 2.45) is 0 Å². The van der Waals surface area contributed by atoms with Crippen molar-refractivity contribution in [2.45, 2.75) is 50.5 Å². The van der Waals surface area contributed by atoms with Gasteiger partial charge < -0.3 is 4.74 Å². The van der Waals surface area contributed by atoms with E-state index in [-0.39, 0.29) is 11.0 Å². The standard InChI is InChI=1S/C60H44O/c1-59-32-9-10-33-60(59,2)61-56-31-26-40(34-55(56)59)51-35-52(44-23-11-17-37-14-3-6-20-41(37)44)48-29-30-50-54(46-25-13-19-39-16-5-8-22-43(39)46)36-53(49-28-27-47(51)57(48)58(49)50)45-24-12-18-38-15-4-7-21-42(38)45/h3-8,11-31,34-36H,9-10,32-33H2,1-2H3. The molecule has 0 radical (unpaired) electrons. The summed E-state index contributed by atoms with van der Waals surface area (Å²) < 4.78 is 6.88. The Morgan fingerprint density at radius 2 is 0.787 bits per heavy atom. The summed E-state index contributed by atoms with van der Waals surface area (Å²) in [6.45, 7) is 4.80. The summed E-state index contributed by atoms with van der Waals surface area (Å²) >= 11 is 0. The van der Waals surface area contributed by atoms with Crippen LogP contribution < -0.4 is 4.74 Å². The Balaban J connectivity index is 1.19. The summed E-state index contributed by atoms with van der Waals surface area (Å²) in [4.78, 5) is 0. The van der Waals surface area contributed by atoms with E-state index >= 15 is 0 Å². The van der Waals surface area contributed by atoms with E-state index in [1.165, 1.54) is 128 Å². The van der Waals surface area contributed by atoms with Gasteiger partial charge >= 0.3 is 0 Å². The minimum Gasteiger partial charge on any atom is -0.486 e. The lowest BCUT2D eigenvalue weighted by Crippen LogP contribution is -2.49. The van der Waals surface area contributed by atoms with Crippen molar-refractivity contribution in [1.29, 1.82) is 0 Å². The SMILES string of the molecule is CC12CCCCC1(C)c1cc(-c3cc(-c4cccc5ccccc45)c4ccc5c(-c6cccc7ccccc67)cc(-c6cccc7ccccc67)c6ccc3c4c65)ccc1O2. The van der Waals surface area contributed by atoms with Gasteiger partial charge in [-0.05, 0) is 160 Å². The lowest BCUT2D eigenvalue weighted by molar-refractivity contribution is 0.00740. The fourth-order valence-electron chi connectivity index (χ4n) is 11.8. The monoisotopic (exact) mass is 780 g/mol. The van der Waals surface area contributed by atoms with Crippen LogP contribution in [0, 0.1) is 0 Å². The molecule has 1 saturated carbocycles. The van der Waals surface area contributed by atoms with E-state index in [1.54, 1.807) is 0 Å². The smallest absolute Gasteiger partial charge is 0.124 e. The first kappa shape index (κ1) is 34.9. The van der Waals surface area contributed by atoms with Crippen molar-refractivity contribution in [3.8, 4) is 50.3 Å². The number of ether oxygens (including phenoxy) is 1. The van der Waals surface area contributed by atoms with Gasteiger partial charge in [0.25, 0.3) is 0 Å². The van der Waals surface area contributed by atoms with Gasteiger partial charge in [-0.1, -0.05) is 171 Å². The quantitative estimate of drug-likeness (QED) is 0.162. The van der Waals surface area contributed by atoms with Crippen molar-refractivity contribution in [1.82, 2.24) is 0 Å². The van der Waals surface area contributed by atoms with Crippen molar-refractivity contribution < 1.29 is 4.74 Å². The Hall–Kier alpha value is -6.96. The van der Waals surface area contributed by atoms with Crippen LogP contribution >= 0.6 is 0 Å². The molecule has 1 nitrogen and oxygen atoms in total. The highest BCUT2D eigenvalue weighted by molar-refractivity contribution is 6.33. The number of rotatable bonds is 4. The van der Waals surface area contributed by atoms with E-state index in [0.717, 1.165) is 18.6 Å². The van der Waals surface area contributed by atoms with Gasteiger partial charge in [0, 0.05) is 11.0 Å². The molecule has 1 heteroatoms. The van der Waals surface area contributed by atoms with Crippen molar-refractivity contribution in [3.63, 3.8) is 0 Å². The molecule has 11 aromatic rings. The first-order chi connectivity index (χ1) is 30.0. The van der Waals surface area contributed by atoms with Crippen molar-refractivity contribution >= 4 is 64.6 Å². The van der Waals surface area contributed by atoms with Crippen LogP contribution in [-0.4, -0.2) is 5.60 Å². The second kappa shape index (κ2) is 12.8. The maximum absolute atomic E-state index is 6.88. The zero-order chi connectivity index (χ0) is 40.5. The minimum atomic E-state index is -0.182. The molecule has 1 aliphatic heterocycles. The molecular formula is C60H44O. The molecule has 0 aromatic heterocycles. The molecule has 0 saturated heterocycles. The Morgan fingerprint density at radius 3 is 1.30 bits per heavy atom. The van der Waals surface area contributed by atoms with Crippen LogP contribution in [0.3, 0.4) is 0 Å². The van der Waals surface area contributed by atoms with E-state index in [2.05, 4.69) is 196 Å². The topological polar surface area (TPSA) is 9.23 Å². The fourth-order valence-corrected chi connectivity index (χ4v) is 11.8. The van der Waals surface area contributed by atoms with Crippen LogP contribution in [0.1, 0.15) is 45.1 Å². The predicted molar refractivity (Wildman–Crippen MR) is 259 cm³/mol. The average molecular weight is 781 g/mol. The molecule has 2 aliphatic rings. The Morgan fingerprint density at radius 1 is 0.361 bits per heavy atom. The lowest BCUT2D eigenvalue weighted by atomic mass is 9.63. The Labute approximate surface area is 356 Å². The van der Waals surface area contributed by atoms with E-state index in [0.29, 0.717) is 0 Å². The van der Waals surface area contributed by atoms with Crippen LogP contribution in [0.2, 0.25) is 0 Å². The number of hydrogen-bond acceptors (Lipinski definition) is 1. The fraction of sp³-hybridized carbons (Fsp3) is 0.133.